The minimum atomic E-state index is -0.510. The van der Waals surface area contributed by atoms with Gasteiger partial charge in [0.15, 0.2) is 0 Å². The number of unbranched alkanes of at least 4 members (excludes halogenated alkanes) is 1. The zero-order valence-electron chi connectivity index (χ0n) is 13.3. The fourth-order valence-corrected chi connectivity index (χ4v) is 2.59. The van der Waals surface area contributed by atoms with Gasteiger partial charge in [-0.25, -0.2) is 4.79 Å². The maximum absolute atomic E-state index is 12.2. The van der Waals surface area contributed by atoms with Gasteiger partial charge in [0.2, 0.25) is 5.76 Å². The SMILES string of the molecule is Cc1ccc(C(=O)OCCCCN2C(=O)c3ccccc3C2=O)o1. The van der Waals surface area contributed by atoms with Crippen molar-refractivity contribution in [2.24, 2.45) is 0 Å². The molecule has 3 rings (SSSR count). The first kappa shape index (κ1) is 16.0. The lowest BCUT2D eigenvalue weighted by atomic mass is 10.1. The van der Waals surface area contributed by atoms with E-state index in [1.807, 2.05) is 0 Å². The van der Waals surface area contributed by atoms with Crippen molar-refractivity contribution >= 4 is 17.8 Å². The molecule has 1 aromatic heterocycles. The van der Waals surface area contributed by atoms with Crippen molar-refractivity contribution in [1.82, 2.24) is 4.90 Å². The highest BCUT2D eigenvalue weighted by Crippen LogP contribution is 2.22. The lowest BCUT2D eigenvalue weighted by molar-refractivity contribution is 0.0450. The summed E-state index contributed by atoms with van der Waals surface area (Å²) in [6.45, 7) is 2.27. The predicted octanol–water partition coefficient (Wildman–Crippen LogP) is 2.82. The Hall–Kier alpha value is -2.89. The van der Waals surface area contributed by atoms with E-state index in [4.69, 9.17) is 9.15 Å². The highest BCUT2D eigenvalue weighted by atomic mass is 16.5. The van der Waals surface area contributed by atoms with Crippen LogP contribution in [0.1, 0.15) is 49.9 Å². The molecule has 24 heavy (non-hydrogen) atoms. The van der Waals surface area contributed by atoms with Crippen molar-refractivity contribution in [1.29, 1.82) is 0 Å². The highest BCUT2D eigenvalue weighted by molar-refractivity contribution is 6.21. The monoisotopic (exact) mass is 327 g/mol. The molecule has 1 aliphatic heterocycles. The van der Waals surface area contributed by atoms with Crippen molar-refractivity contribution in [3.63, 3.8) is 0 Å². The first-order valence-electron chi connectivity index (χ1n) is 7.76. The van der Waals surface area contributed by atoms with E-state index in [2.05, 4.69) is 0 Å². The van der Waals surface area contributed by atoms with Gasteiger partial charge in [0.25, 0.3) is 11.8 Å². The standard InChI is InChI=1S/C18H17NO5/c1-12-8-9-15(24-12)18(22)23-11-5-4-10-19-16(20)13-6-2-3-7-14(13)17(19)21/h2-3,6-9H,4-5,10-11H2,1H3. The summed E-state index contributed by atoms with van der Waals surface area (Å²) in [7, 11) is 0. The maximum atomic E-state index is 12.2. The molecule has 0 spiro atoms. The van der Waals surface area contributed by atoms with Crippen molar-refractivity contribution in [2.45, 2.75) is 19.8 Å². The third-order valence-electron chi connectivity index (χ3n) is 3.83. The molecule has 1 aliphatic rings. The molecule has 6 nitrogen and oxygen atoms in total. The number of furan rings is 1. The summed E-state index contributed by atoms with van der Waals surface area (Å²) in [6, 6.07) is 10.0. The van der Waals surface area contributed by atoms with Crippen LogP contribution in [-0.2, 0) is 4.74 Å². The number of imide groups is 1. The number of aryl methyl sites for hydroxylation is 1. The molecule has 2 heterocycles. The van der Waals surface area contributed by atoms with Crippen molar-refractivity contribution in [3.05, 3.63) is 59.0 Å². The van der Waals surface area contributed by atoms with Crippen LogP contribution in [0.25, 0.3) is 0 Å². The Kier molecular flexibility index (Phi) is 4.46. The quantitative estimate of drug-likeness (QED) is 0.463. The van der Waals surface area contributed by atoms with Gasteiger partial charge < -0.3 is 9.15 Å². The van der Waals surface area contributed by atoms with Crippen molar-refractivity contribution in [3.8, 4) is 0 Å². The van der Waals surface area contributed by atoms with E-state index in [1.54, 1.807) is 43.3 Å². The molecule has 0 saturated carbocycles. The van der Waals surface area contributed by atoms with Gasteiger partial charge in [-0.2, -0.15) is 0 Å². The second-order valence-electron chi connectivity index (χ2n) is 5.56. The normalized spacial score (nSPS) is 13.3. The molecule has 0 aliphatic carbocycles. The second kappa shape index (κ2) is 6.70. The Bertz CT molecular complexity index is 757. The van der Waals surface area contributed by atoms with E-state index in [1.165, 1.54) is 4.90 Å². The van der Waals surface area contributed by atoms with Crippen LogP contribution in [0, 0.1) is 6.92 Å². The summed E-state index contributed by atoms with van der Waals surface area (Å²) in [5.74, 6) is -0.221. The Morgan fingerprint density at radius 3 is 2.29 bits per heavy atom. The number of benzene rings is 1. The zero-order chi connectivity index (χ0) is 17.1. The molecule has 0 N–H and O–H groups in total. The van der Waals surface area contributed by atoms with Gasteiger partial charge in [0, 0.05) is 6.54 Å². The molecule has 0 radical (unpaired) electrons. The molecule has 2 amide bonds. The van der Waals surface area contributed by atoms with E-state index in [-0.39, 0.29) is 24.2 Å². The maximum Gasteiger partial charge on any atom is 0.374 e. The molecule has 0 unspecified atom stereocenters. The number of esters is 1. The number of amides is 2. The van der Waals surface area contributed by atoms with Gasteiger partial charge in [-0.15, -0.1) is 0 Å². The molecular weight excluding hydrogens is 310 g/mol. The number of ether oxygens (including phenoxy) is 1. The number of fused-ring (bicyclic) bond motifs is 1. The van der Waals surface area contributed by atoms with Crippen LogP contribution in [0.5, 0.6) is 0 Å². The van der Waals surface area contributed by atoms with E-state index in [0.717, 1.165) is 0 Å². The van der Waals surface area contributed by atoms with Gasteiger partial charge in [0.05, 0.1) is 17.7 Å². The molecule has 0 fully saturated rings. The third-order valence-corrected chi connectivity index (χ3v) is 3.83. The summed E-state index contributed by atoms with van der Waals surface area (Å²) < 4.78 is 10.3. The zero-order valence-corrected chi connectivity index (χ0v) is 13.3. The number of nitrogens with zero attached hydrogens (tertiary/aromatic N) is 1. The van der Waals surface area contributed by atoms with Crippen molar-refractivity contribution in [2.75, 3.05) is 13.2 Å². The van der Waals surface area contributed by atoms with Crippen LogP contribution in [-0.4, -0.2) is 35.8 Å². The smallest absolute Gasteiger partial charge is 0.374 e. The molecule has 0 bridgehead atoms. The first-order valence-corrected chi connectivity index (χ1v) is 7.76. The Morgan fingerprint density at radius 2 is 1.71 bits per heavy atom. The molecule has 0 saturated heterocycles. The fourth-order valence-electron chi connectivity index (χ4n) is 2.59. The van der Waals surface area contributed by atoms with E-state index < -0.39 is 5.97 Å². The lowest BCUT2D eigenvalue weighted by Crippen LogP contribution is -2.30. The first-order chi connectivity index (χ1) is 11.6. The third kappa shape index (κ3) is 3.08. The number of carbonyl (C=O) groups excluding carboxylic acids is 3. The van der Waals surface area contributed by atoms with Gasteiger partial charge >= 0.3 is 5.97 Å². The van der Waals surface area contributed by atoms with Crippen LogP contribution in [0.3, 0.4) is 0 Å². The summed E-state index contributed by atoms with van der Waals surface area (Å²) in [5, 5.41) is 0. The van der Waals surface area contributed by atoms with E-state index in [9.17, 15) is 14.4 Å². The minimum absolute atomic E-state index is 0.174. The van der Waals surface area contributed by atoms with Gasteiger partial charge in [-0.05, 0) is 44.0 Å². The molecule has 0 atom stereocenters. The molecule has 2 aromatic rings. The second-order valence-corrected chi connectivity index (χ2v) is 5.56. The van der Waals surface area contributed by atoms with Crippen LogP contribution in [0.15, 0.2) is 40.8 Å². The number of hydrogen-bond donors (Lipinski definition) is 0. The lowest BCUT2D eigenvalue weighted by Gasteiger charge is -2.13. The van der Waals surface area contributed by atoms with E-state index >= 15 is 0 Å². The summed E-state index contributed by atoms with van der Waals surface area (Å²) in [5.41, 5.74) is 0.893. The average molecular weight is 327 g/mol. The molecule has 124 valence electrons. The number of carbonyl (C=O) groups is 3. The Morgan fingerprint density at radius 1 is 1.04 bits per heavy atom. The summed E-state index contributed by atoms with van der Waals surface area (Å²) in [6.07, 6.45) is 1.12. The Balaban J connectivity index is 1.44. The highest BCUT2D eigenvalue weighted by Gasteiger charge is 2.34. The largest absolute Gasteiger partial charge is 0.460 e. The predicted molar refractivity (Wildman–Crippen MR) is 84.8 cm³/mol. The van der Waals surface area contributed by atoms with Gasteiger partial charge in [0.1, 0.15) is 5.76 Å². The van der Waals surface area contributed by atoms with Gasteiger partial charge in [-0.1, -0.05) is 12.1 Å². The average Bonchev–Trinajstić information content (AvgIpc) is 3.12. The van der Waals surface area contributed by atoms with Gasteiger partial charge in [-0.3, -0.25) is 14.5 Å². The molecule has 1 aromatic carbocycles. The van der Waals surface area contributed by atoms with Crippen LogP contribution >= 0.6 is 0 Å². The van der Waals surface area contributed by atoms with Crippen molar-refractivity contribution < 1.29 is 23.5 Å². The van der Waals surface area contributed by atoms with E-state index in [0.29, 0.717) is 36.3 Å². The Labute approximate surface area is 139 Å². The topological polar surface area (TPSA) is 76.8 Å². The minimum Gasteiger partial charge on any atom is -0.460 e. The van der Waals surface area contributed by atoms with Crippen LogP contribution in [0.4, 0.5) is 0 Å². The van der Waals surface area contributed by atoms with Crippen LogP contribution in [0.2, 0.25) is 0 Å². The number of rotatable bonds is 6. The summed E-state index contributed by atoms with van der Waals surface area (Å²) in [4.78, 5) is 37.3. The number of hydrogen-bond acceptors (Lipinski definition) is 5. The molecular formula is C18H17NO5. The summed E-state index contributed by atoms with van der Waals surface area (Å²) >= 11 is 0. The molecule has 6 heteroatoms. The van der Waals surface area contributed by atoms with Crippen LogP contribution < -0.4 is 0 Å². The fraction of sp³-hybridized carbons (Fsp3) is 0.278.